The molecule has 138 valence electrons. The van der Waals surface area contributed by atoms with Gasteiger partial charge < -0.3 is 25.0 Å². The number of anilines is 2. The first kappa shape index (κ1) is 17.9. The van der Waals surface area contributed by atoms with E-state index in [1.54, 1.807) is 6.20 Å². The number of carbonyl (C=O) groups is 1. The summed E-state index contributed by atoms with van der Waals surface area (Å²) >= 11 is 0. The number of pyridine rings is 1. The van der Waals surface area contributed by atoms with Crippen LogP contribution in [0.25, 0.3) is 0 Å². The fraction of sp³-hybridized carbons (Fsp3) is 0.667. The molecule has 1 atom stereocenters. The molecule has 2 fully saturated rings. The maximum atomic E-state index is 12.1. The maximum absolute atomic E-state index is 12.1. The minimum Gasteiger partial charge on any atom is -0.379 e. The third-order valence-corrected chi connectivity index (χ3v) is 4.52. The molecule has 25 heavy (non-hydrogen) atoms. The normalized spacial score (nSPS) is 20.0. The second-order valence-electron chi connectivity index (χ2n) is 6.51. The molecular formula is C18H28N4O3. The monoisotopic (exact) mass is 348 g/mol. The Morgan fingerprint density at radius 1 is 1.36 bits per heavy atom. The molecule has 0 spiro atoms. The molecule has 2 N–H and O–H groups in total. The summed E-state index contributed by atoms with van der Waals surface area (Å²) in [5.74, 6) is 0.857. The number of nitrogens with zero attached hydrogens (tertiary/aromatic N) is 2. The molecule has 0 saturated carbocycles. The molecule has 1 aromatic rings. The molecule has 1 aromatic heterocycles. The summed E-state index contributed by atoms with van der Waals surface area (Å²) in [6, 6.07) is 3.53. The van der Waals surface area contributed by atoms with Crippen molar-refractivity contribution in [2.45, 2.75) is 38.2 Å². The standard InChI is InChI=1S/C18H28N4O3/c23-18(20-9-5-12-24-14-15-6-4-13-25-15)21-16-7-3-8-19-17(16)22-10-1-2-11-22/h3,7-8,15H,1-2,4-6,9-14H2,(H2,20,21,23)/t15-/m1/s1. The van der Waals surface area contributed by atoms with E-state index < -0.39 is 0 Å². The molecule has 7 nitrogen and oxygen atoms in total. The number of nitrogens with one attached hydrogen (secondary N) is 2. The highest BCUT2D eigenvalue weighted by atomic mass is 16.5. The Bertz CT molecular complexity index is 543. The van der Waals surface area contributed by atoms with Crippen LogP contribution in [0.15, 0.2) is 18.3 Å². The smallest absolute Gasteiger partial charge is 0.319 e. The number of hydrogen-bond donors (Lipinski definition) is 2. The Kier molecular flexibility index (Phi) is 6.88. The van der Waals surface area contributed by atoms with Crippen LogP contribution in [0.4, 0.5) is 16.3 Å². The van der Waals surface area contributed by atoms with Gasteiger partial charge in [0.1, 0.15) is 0 Å². The van der Waals surface area contributed by atoms with Crippen molar-refractivity contribution >= 4 is 17.5 Å². The minimum absolute atomic E-state index is 0.201. The molecule has 0 aliphatic carbocycles. The van der Waals surface area contributed by atoms with Crippen LogP contribution in [0.5, 0.6) is 0 Å². The molecular weight excluding hydrogens is 320 g/mol. The second kappa shape index (κ2) is 9.58. The van der Waals surface area contributed by atoms with Gasteiger partial charge in [0, 0.05) is 39.0 Å². The summed E-state index contributed by atoms with van der Waals surface area (Å²) in [6.07, 6.45) is 7.37. The van der Waals surface area contributed by atoms with Gasteiger partial charge >= 0.3 is 6.03 Å². The zero-order chi connectivity index (χ0) is 17.3. The SMILES string of the molecule is O=C(NCCCOC[C@H]1CCCO1)Nc1cccnc1N1CCCC1. The third kappa shape index (κ3) is 5.57. The van der Waals surface area contributed by atoms with Gasteiger partial charge in [0.05, 0.1) is 18.4 Å². The first-order valence-electron chi connectivity index (χ1n) is 9.27. The van der Waals surface area contributed by atoms with Gasteiger partial charge in [-0.25, -0.2) is 9.78 Å². The molecule has 0 aromatic carbocycles. The summed E-state index contributed by atoms with van der Waals surface area (Å²) in [5.41, 5.74) is 0.761. The zero-order valence-corrected chi connectivity index (χ0v) is 14.7. The van der Waals surface area contributed by atoms with Gasteiger partial charge in [0.25, 0.3) is 0 Å². The van der Waals surface area contributed by atoms with E-state index in [1.165, 1.54) is 12.8 Å². The number of hydrogen-bond acceptors (Lipinski definition) is 5. The van der Waals surface area contributed by atoms with Crippen molar-refractivity contribution in [3.8, 4) is 0 Å². The van der Waals surface area contributed by atoms with Gasteiger partial charge in [0.2, 0.25) is 0 Å². The summed E-state index contributed by atoms with van der Waals surface area (Å²) in [4.78, 5) is 18.7. The van der Waals surface area contributed by atoms with Crippen molar-refractivity contribution in [3.05, 3.63) is 18.3 Å². The lowest BCUT2D eigenvalue weighted by Gasteiger charge is -2.20. The molecule has 0 radical (unpaired) electrons. The number of rotatable bonds is 8. The van der Waals surface area contributed by atoms with Crippen molar-refractivity contribution in [1.29, 1.82) is 0 Å². The fourth-order valence-electron chi connectivity index (χ4n) is 3.21. The van der Waals surface area contributed by atoms with E-state index >= 15 is 0 Å². The van der Waals surface area contributed by atoms with Crippen LogP contribution < -0.4 is 15.5 Å². The average Bonchev–Trinajstić information content (AvgIpc) is 3.32. The second-order valence-corrected chi connectivity index (χ2v) is 6.51. The summed E-state index contributed by atoms with van der Waals surface area (Å²) in [7, 11) is 0. The molecule has 2 aliphatic rings. The lowest BCUT2D eigenvalue weighted by atomic mass is 10.2. The largest absolute Gasteiger partial charge is 0.379 e. The Balaban J connectivity index is 1.33. The Morgan fingerprint density at radius 3 is 3.04 bits per heavy atom. The Morgan fingerprint density at radius 2 is 2.24 bits per heavy atom. The summed E-state index contributed by atoms with van der Waals surface area (Å²) < 4.78 is 11.1. The van der Waals surface area contributed by atoms with Crippen LogP contribution in [-0.2, 0) is 9.47 Å². The first-order chi connectivity index (χ1) is 12.3. The molecule has 2 saturated heterocycles. The van der Waals surface area contributed by atoms with Crippen LogP contribution in [-0.4, -0.2) is 56.6 Å². The number of ether oxygens (including phenoxy) is 2. The number of amides is 2. The maximum Gasteiger partial charge on any atom is 0.319 e. The highest BCUT2D eigenvalue weighted by molar-refractivity contribution is 5.92. The average molecular weight is 348 g/mol. The Labute approximate surface area is 149 Å². The van der Waals surface area contributed by atoms with Gasteiger partial charge in [-0.3, -0.25) is 0 Å². The lowest BCUT2D eigenvalue weighted by molar-refractivity contribution is 0.0168. The van der Waals surface area contributed by atoms with Crippen LogP contribution >= 0.6 is 0 Å². The Hall–Kier alpha value is -1.86. The van der Waals surface area contributed by atoms with E-state index in [2.05, 4.69) is 20.5 Å². The predicted octanol–water partition coefficient (Wildman–Crippen LogP) is 2.39. The van der Waals surface area contributed by atoms with Crippen LogP contribution in [0, 0.1) is 0 Å². The molecule has 0 bridgehead atoms. The van der Waals surface area contributed by atoms with E-state index in [0.29, 0.717) is 19.8 Å². The van der Waals surface area contributed by atoms with Crippen molar-refractivity contribution < 1.29 is 14.3 Å². The van der Waals surface area contributed by atoms with E-state index in [9.17, 15) is 4.79 Å². The van der Waals surface area contributed by atoms with Crippen LogP contribution in [0.1, 0.15) is 32.1 Å². The van der Waals surface area contributed by atoms with Gasteiger partial charge in [-0.15, -0.1) is 0 Å². The fourth-order valence-corrected chi connectivity index (χ4v) is 3.21. The van der Waals surface area contributed by atoms with Gasteiger partial charge in [-0.05, 0) is 44.2 Å². The van der Waals surface area contributed by atoms with Crippen molar-refractivity contribution in [3.63, 3.8) is 0 Å². The van der Waals surface area contributed by atoms with Crippen molar-refractivity contribution in [2.24, 2.45) is 0 Å². The summed E-state index contributed by atoms with van der Waals surface area (Å²) in [5, 5.41) is 5.78. The van der Waals surface area contributed by atoms with Crippen LogP contribution in [0.2, 0.25) is 0 Å². The van der Waals surface area contributed by atoms with Crippen molar-refractivity contribution in [2.75, 3.05) is 49.7 Å². The third-order valence-electron chi connectivity index (χ3n) is 4.52. The highest BCUT2D eigenvalue weighted by Gasteiger charge is 2.18. The van der Waals surface area contributed by atoms with Gasteiger partial charge in [-0.1, -0.05) is 0 Å². The van der Waals surface area contributed by atoms with Crippen LogP contribution in [0.3, 0.4) is 0 Å². The summed E-state index contributed by atoms with van der Waals surface area (Å²) in [6.45, 7) is 4.71. The predicted molar refractivity (Wildman–Crippen MR) is 97.1 cm³/mol. The van der Waals surface area contributed by atoms with E-state index in [4.69, 9.17) is 9.47 Å². The number of urea groups is 1. The number of carbonyl (C=O) groups excluding carboxylic acids is 1. The first-order valence-corrected chi connectivity index (χ1v) is 9.27. The molecule has 2 amide bonds. The number of aromatic nitrogens is 1. The van der Waals surface area contributed by atoms with E-state index in [-0.39, 0.29) is 12.1 Å². The van der Waals surface area contributed by atoms with E-state index in [1.807, 2.05) is 12.1 Å². The molecule has 0 unspecified atom stereocenters. The molecule has 7 heteroatoms. The molecule has 3 rings (SSSR count). The highest BCUT2D eigenvalue weighted by Crippen LogP contribution is 2.25. The molecule has 2 aliphatic heterocycles. The lowest BCUT2D eigenvalue weighted by Crippen LogP contribution is -2.31. The van der Waals surface area contributed by atoms with Crippen molar-refractivity contribution in [1.82, 2.24) is 10.3 Å². The minimum atomic E-state index is -0.201. The zero-order valence-electron chi connectivity index (χ0n) is 14.7. The van der Waals surface area contributed by atoms with Gasteiger partial charge in [0.15, 0.2) is 5.82 Å². The van der Waals surface area contributed by atoms with Gasteiger partial charge in [-0.2, -0.15) is 0 Å². The topological polar surface area (TPSA) is 75.7 Å². The molecule has 3 heterocycles. The van der Waals surface area contributed by atoms with E-state index in [0.717, 1.165) is 50.5 Å². The quantitative estimate of drug-likeness (QED) is 0.706.